The number of aromatic nitrogens is 2. The number of amides is 2. The molecule has 4 rings (SSSR count). The lowest BCUT2D eigenvalue weighted by atomic mass is 10.0. The van der Waals surface area contributed by atoms with Crippen molar-refractivity contribution in [2.75, 3.05) is 11.4 Å². The normalized spacial score (nSPS) is 12.1. The molecule has 1 aliphatic rings. The molecule has 0 bridgehead atoms. The molecule has 2 aromatic carbocycles. The van der Waals surface area contributed by atoms with E-state index in [2.05, 4.69) is 10.4 Å². The molecule has 2 amide bonds. The molecular weight excluding hydrogens is 466 g/mol. The van der Waals surface area contributed by atoms with Crippen LogP contribution in [0, 0.1) is 11.6 Å². The molecule has 0 unspecified atom stereocenters. The van der Waals surface area contributed by atoms with Gasteiger partial charge in [-0.05, 0) is 44.2 Å². The highest BCUT2D eigenvalue weighted by Crippen LogP contribution is 2.42. The predicted octanol–water partition coefficient (Wildman–Crippen LogP) is 4.01. The first-order chi connectivity index (χ1) is 16.2. The standard InChI is InChI=1S/C24H23ClF2N4O3/c1-13(2)28-21(32)11-31(22(33)10-15-18(26)5-4-6-19(15)27)24-17-12-34-20-8-7-14(25)9-16(20)23(17)30(3)29-24/h4-9,13H,10-12H2,1-3H3,(H,28,32). The van der Waals surface area contributed by atoms with Crippen LogP contribution < -0.4 is 15.0 Å². The van der Waals surface area contributed by atoms with E-state index in [9.17, 15) is 18.4 Å². The highest BCUT2D eigenvalue weighted by atomic mass is 35.5. The average Bonchev–Trinajstić information content (AvgIpc) is 3.10. The molecule has 1 N–H and O–H groups in total. The zero-order valence-electron chi connectivity index (χ0n) is 18.9. The van der Waals surface area contributed by atoms with Crippen LogP contribution in [0.5, 0.6) is 5.75 Å². The number of nitrogens with one attached hydrogen (secondary N) is 1. The third-order valence-electron chi connectivity index (χ3n) is 5.39. The van der Waals surface area contributed by atoms with Gasteiger partial charge >= 0.3 is 0 Å². The maximum atomic E-state index is 14.2. The molecule has 0 atom stereocenters. The summed E-state index contributed by atoms with van der Waals surface area (Å²) in [5.41, 5.74) is 1.56. The summed E-state index contributed by atoms with van der Waals surface area (Å²) >= 11 is 6.18. The Labute approximate surface area is 200 Å². The molecule has 1 aromatic heterocycles. The van der Waals surface area contributed by atoms with Crippen molar-refractivity contribution in [3.63, 3.8) is 0 Å². The van der Waals surface area contributed by atoms with Crippen molar-refractivity contribution in [3.05, 3.63) is 64.2 Å². The summed E-state index contributed by atoms with van der Waals surface area (Å²) in [6.45, 7) is 3.29. The minimum Gasteiger partial charge on any atom is -0.488 e. The van der Waals surface area contributed by atoms with Gasteiger partial charge in [-0.3, -0.25) is 19.2 Å². The number of rotatable bonds is 6. The van der Waals surface area contributed by atoms with Crippen LogP contribution >= 0.6 is 11.6 Å². The maximum Gasteiger partial charge on any atom is 0.240 e. The molecule has 3 aromatic rings. The number of carbonyl (C=O) groups excluding carboxylic acids is 2. The lowest BCUT2D eigenvalue weighted by Crippen LogP contribution is -2.44. The number of aryl methyl sites for hydroxylation is 1. The van der Waals surface area contributed by atoms with Crippen molar-refractivity contribution in [2.24, 2.45) is 7.05 Å². The number of fused-ring (bicyclic) bond motifs is 3. The lowest BCUT2D eigenvalue weighted by molar-refractivity contribution is -0.124. The predicted molar refractivity (Wildman–Crippen MR) is 124 cm³/mol. The Kier molecular flexibility index (Phi) is 6.56. The third-order valence-corrected chi connectivity index (χ3v) is 5.63. The van der Waals surface area contributed by atoms with Gasteiger partial charge in [-0.1, -0.05) is 17.7 Å². The van der Waals surface area contributed by atoms with E-state index in [4.69, 9.17) is 16.3 Å². The Morgan fingerprint density at radius 1 is 1.24 bits per heavy atom. The highest BCUT2D eigenvalue weighted by molar-refractivity contribution is 6.31. The molecule has 34 heavy (non-hydrogen) atoms. The molecule has 0 saturated heterocycles. The number of anilines is 1. The molecule has 0 spiro atoms. The molecule has 0 saturated carbocycles. The summed E-state index contributed by atoms with van der Waals surface area (Å²) in [6, 6.07) is 8.40. The van der Waals surface area contributed by atoms with E-state index in [1.165, 1.54) is 6.07 Å². The van der Waals surface area contributed by atoms with Crippen LogP contribution in [0.25, 0.3) is 11.3 Å². The second-order valence-corrected chi connectivity index (χ2v) is 8.72. The molecule has 178 valence electrons. The molecule has 10 heteroatoms. The van der Waals surface area contributed by atoms with E-state index < -0.39 is 29.9 Å². The second-order valence-electron chi connectivity index (χ2n) is 8.28. The minimum absolute atomic E-state index is 0.0940. The van der Waals surface area contributed by atoms with E-state index in [1.54, 1.807) is 43.8 Å². The number of nitrogens with zero attached hydrogens (tertiary/aromatic N) is 3. The average molecular weight is 489 g/mol. The molecule has 0 radical (unpaired) electrons. The zero-order chi connectivity index (χ0) is 24.6. The van der Waals surface area contributed by atoms with E-state index in [1.807, 2.05) is 0 Å². The molecule has 2 heterocycles. The van der Waals surface area contributed by atoms with Crippen molar-refractivity contribution in [1.29, 1.82) is 0 Å². The fourth-order valence-electron chi connectivity index (χ4n) is 3.94. The van der Waals surface area contributed by atoms with Crippen LogP contribution in [0.3, 0.4) is 0 Å². The van der Waals surface area contributed by atoms with E-state index in [0.717, 1.165) is 17.0 Å². The van der Waals surface area contributed by atoms with E-state index >= 15 is 0 Å². The summed E-state index contributed by atoms with van der Waals surface area (Å²) in [5, 5.41) is 7.72. The summed E-state index contributed by atoms with van der Waals surface area (Å²) in [7, 11) is 1.70. The van der Waals surface area contributed by atoms with Crippen LogP contribution in [0.4, 0.5) is 14.6 Å². The number of hydrogen-bond acceptors (Lipinski definition) is 4. The first kappa shape index (κ1) is 23.7. The molecular formula is C24H23ClF2N4O3. The molecule has 0 fully saturated rings. The van der Waals surface area contributed by atoms with Gasteiger partial charge in [0.1, 0.15) is 30.5 Å². The van der Waals surface area contributed by atoms with Gasteiger partial charge in [0.25, 0.3) is 0 Å². The number of ether oxygens (including phenoxy) is 1. The quantitative estimate of drug-likeness (QED) is 0.569. The van der Waals surface area contributed by atoms with Crippen molar-refractivity contribution >= 4 is 29.2 Å². The monoisotopic (exact) mass is 488 g/mol. The number of hydrogen-bond donors (Lipinski definition) is 1. The van der Waals surface area contributed by atoms with Gasteiger partial charge in [0.15, 0.2) is 5.82 Å². The topological polar surface area (TPSA) is 76.5 Å². The van der Waals surface area contributed by atoms with E-state index in [-0.39, 0.29) is 30.6 Å². The van der Waals surface area contributed by atoms with Crippen LogP contribution in [-0.4, -0.2) is 34.2 Å². The first-order valence-corrected chi connectivity index (χ1v) is 11.0. The van der Waals surface area contributed by atoms with Crippen LogP contribution in [0.2, 0.25) is 5.02 Å². The Hall–Kier alpha value is -3.46. The second kappa shape index (κ2) is 9.42. The van der Waals surface area contributed by atoms with Gasteiger partial charge in [-0.15, -0.1) is 0 Å². The Morgan fingerprint density at radius 3 is 2.62 bits per heavy atom. The molecule has 0 aliphatic carbocycles. The van der Waals surface area contributed by atoms with Gasteiger partial charge in [0, 0.05) is 29.2 Å². The Morgan fingerprint density at radius 2 is 1.94 bits per heavy atom. The van der Waals surface area contributed by atoms with Crippen LogP contribution in [-0.2, 0) is 29.7 Å². The zero-order valence-corrected chi connectivity index (χ0v) is 19.6. The summed E-state index contributed by atoms with van der Waals surface area (Å²) in [4.78, 5) is 27.1. The van der Waals surface area contributed by atoms with E-state index in [0.29, 0.717) is 27.6 Å². The highest BCUT2D eigenvalue weighted by Gasteiger charge is 2.32. The smallest absolute Gasteiger partial charge is 0.240 e. The maximum absolute atomic E-state index is 14.2. The third kappa shape index (κ3) is 4.61. The van der Waals surface area contributed by atoms with Gasteiger partial charge in [0.2, 0.25) is 11.8 Å². The fraction of sp³-hybridized carbons (Fsp3) is 0.292. The molecule has 1 aliphatic heterocycles. The summed E-state index contributed by atoms with van der Waals surface area (Å²) in [5.74, 6) is -2.00. The van der Waals surface area contributed by atoms with Crippen molar-refractivity contribution in [3.8, 4) is 17.0 Å². The van der Waals surface area contributed by atoms with Crippen LogP contribution in [0.15, 0.2) is 36.4 Å². The molecule has 7 nitrogen and oxygen atoms in total. The van der Waals surface area contributed by atoms with Crippen molar-refractivity contribution < 1.29 is 23.1 Å². The van der Waals surface area contributed by atoms with Crippen LogP contribution in [0.1, 0.15) is 25.0 Å². The van der Waals surface area contributed by atoms with Crippen molar-refractivity contribution in [1.82, 2.24) is 15.1 Å². The minimum atomic E-state index is -0.838. The van der Waals surface area contributed by atoms with Gasteiger partial charge in [-0.25, -0.2) is 8.78 Å². The van der Waals surface area contributed by atoms with Gasteiger partial charge in [0.05, 0.1) is 17.7 Å². The SMILES string of the molecule is CC(C)NC(=O)CN(C(=O)Cc1c(F)cccc1F)c1nn(C)c2c1COc1ccc(Cl)cc1-2. The summed E-state index contributed by atoms with van der Waals surface area (Å²) < 4.78 is 35.9. The van der Waals surface area contributed by atoms with Crippen molar-refractivity contribution in [2.45, 2.75) is 32.9 Å². The Balaban J connectivity index is 1.77. The number of halogens is 3. The Bertz CT molecular complexity index is 1260. The number of benzene rings is 2. The fourth-order valence-corrected chi connectivity index (χ4v) is 4.12. The van der Waals surface area contributed by atoms with Gasteiger partial charge < -0.3 is 10.1 Å². The largest absolute Gasteiger partial charge is 0.488 e. The first-order valence-electron chi connectivity index (χ1n) is 10.7. The summed E-state index contributed by atoms with van der Waals surface area (Å²) in [6.07, 6.45) is -0.581. The number of carbonyl (C=O) groups is 2. The van der Waals surface area contributed by atoms with Gasteiger partial charge in [-0.2, -0.15) is 5.10 Å². The lowest BCUT2D eigenvalue weighted by Gasteiger charge is -2.24.